The van der Waals surface area contributed by atoms with E-state index < -0.39 is 48.5 Å². The van der Waals surface area contributed by atoms with Crippen LogP contribution in [0.25, 0.3) is 0 Å². The highest BCUT2D eigenvalue weighted by Gasteiger charge is 2.59. The van der Waals surface area contributed by atoms with Crippen LogP contribution in [0.1, 0.15) is 97.3 Å². The number of aromatic carboxylic acids is 1. The summed E-state index contributed by atoms with van der Waals surface area (Å²) in [5, 5.41) is 30.9. The molecule has 13 heteroatoms. The number of halogens is 2. The van der Waals surface area contributed by atoms with Gasteiger partial charge in [-0.15, -0.1) is 0 Å². The van der Waals surface area contributed by atoms with Gasteiger partial charge in [0, 0.05) is 12.4 Å². The van der Waals surface area contributed by atoms with Crippen LogP contribution in [-0.2, 0) is 11.2 Å². The largest absolute Gasteiger partial charge is 0.478 e. The number of hydrogen-bond acceptors (Lipinski definition) is 8. The second kappa shape index (κ2) is 14.4. The quantitative estimate of drug-likeness (QED) is 0.236. The number of pyridine rings is 1. The number of aliphatic hydroxyl groups is 2. The van der Waals surface area contributed by atoms with Crippen molar-refractivity contribution < 1.29 is 38.4 Å². The molecule has 1 fully saturated rings. The second-order valence-corrected chi connectivity index (χ2v) is 9.85. The Kier molecular flexibility index (Phi) is 11.2. The van der Waals surface area contributed by atoms with E-state index in [2.05, 4.69) is 22.2 Å². The van der Waals surface area contributed by atoms with Crippen molar-refractivity contribution in [3.05, 3.63) is 51.8 Å². The van der Waals surface area contributed by atoms with Crippen molar-refractivity contribution in [1.29, 1.82) is 0 Å². The minimum Gasteiger partial charge on any atom is -0.478 e. The van der Waals surface area contributed by atoms with Crippen LogP contribution in [0.3, 0.4) is 0 Å². The molecule has 1 aliphatic heterocycles. The molecule has 2 aromatic heterocycles. The lowest BCUT2D eigenvalue weighted by molar-refractivity contribution is -0.140. The molecule has 0 aromatic carbocycles. The first-order chi connectivity index (χ1) is 19.1. The molecule has 2 aromatic rings. The third kappa shape index (κ3) is 7.46. The van der Waals surface area contributed by atoms with E-state index >= 15 is 0 Å². The number of rotatable bonds is 15. The lowest BCUT2D eigenvalue weighted by atomic mass is 9.98. The van der Waals surface area contributed by atoms with Crippen molar-refractivity contribution in [1.82, 2.24) is 14.5 Å². The number of nitrogens with one attached hydrogen (secondary N) is 1. The molecule has 1 aliphatic rings. The van der Waals surface area contributed by atoms with Crippen molar-refractivity contribution >= 4 is 17.7 Å². The smallest absolute Gasteiger partial charge is 0.351 e. The van der Waals surface area contributed by atoms with Gasteiger partial charge in [-0.2, -0.15) is 13.8 Å². The van der Waals surface area contributed by atoms with E-state index in [4.69, 9.17) is 9.84 Å². The predicted molar refractivity (Wildman–Crippen MR) is 141 cm³/mol. The van der Waals surface area contributed by atoms with E-state index in [0.717, 1.165) is 37.9 Å². The molecule has 0 unspecified atom stereocenters. The monoisotopic (exact) mass is 566 g/mol. The SMILES string of the molecule is CCCCCCCCCCCc1c(C(=O)O)ccnc1C(=O)Nc1ccn([C@@H]2O[C@H](CO)[C@@H](O)C2(F)F)c(=O)n1. The number of aliphatic hydroxyl groups excluding tert-OH is 2. The van der Waals surface area contributed by atoms with Crippen molar-refractivity contribution in [2.24, 2.45) is 0 Å². The summed E-state index contributed by atoms with van der Waals surface area (Å²) >= 11 is 0. The van der Waals surface area contributed by atoms with Crippen LogP contribution in [0.15, 0.2) is 29.3 Å². The van der Waals surface area contributed by atoms with Crippen LogP contribution in [0.2, 0.25) is 0 Å². The lowest BCUT2D eigenvalue weighted by Crippen LogP contribution is -2.41. The van der Waals surface area contributed by atoms with Gasteiger partial charge in [-0.3, -0.25) is 14.3 Å². The number of alkyl halides is 2. The van der Waals surface area contributed by atoms with E-state index in [1.165, 1.54) is 37.9 Å². The van der Waals surface area contributed by atoms with Crippen LogP contribution >= 0.6 is 0 Å². The molecule has 1 amide bonds. The first-order valence-electron chi connectivity index (χ1n) is 13.6. The normalized spacial score (nSPS) is 20.0. The maximum absolute atomic E-state index is 14.4. The molecule has 0 spiro atoms. The van der Waals surface area contributed by atoms with Gasteiger partial charge in [-0.1, -0.05) is 58.3 Å². The van der Waals surface area contributed by atoms with Gasteiger partial charge in [0.05, 0.1) is 12.2 Å². The molecular formula is C27H36F2N4O7. The summed E-state index contributed by atoms with van der Waals surface area (Å²) in [7, 11) is 0. The summed E-state index contributed by atoms with van der Waals surface area (Å²) in [6, 6.07) is 2.40. The van der Waals surface area contributed by atoms with E-state index in [1.54, 1.807) is 0 Å². The Balaban J connectivity index is 1.69. The van der Waals surface area contributed by atoms with Crippen LogP contribution in [0.5, 0.6) is 0 Å². The number of amides is 1. The molecule has 1 saturated heterocycles. The zero-order chi connectivity index (χ0) is 29.3. The number of carboxylic acid groups (broad SMARTS) is 1. The zero-order valence-electron chi connectivity index (χ0n) is 22.4. The Morgan fingerprint density at radius 1 is 1.10 bits per heavy atom. The summed E-state index contributed by atoms with van der Waals surface area (Å²) in [5.41, 5.74) is -1.13. The molecule has 11 nitrogen and oxygen atoms in total. The number of hydrogen-bond donors (Lipinski definition) is 4. The molecule has 0 aliphatic carbocycles. The minimum atomic E-state index is -3.88. The van der Waals surface area contributed by atoms with E-state index in [-0.39, 0.29) is 22.6 Å². The molecule has 0 bridgehead atoms. The first kappa shape index (κ1) is 31.2. The van der Waals surface area contributed by atoms with Crippen LogP contribution < -0.4 is 11.0 Å². The molecular weight excluding hydrogens is 530 g/mol. The van der Waals surface area contributed by atoms with Gasteiger partial charge in [0.25, 0.3) is 5.91 Å². The molecule has 3 rings (SSSR count). The highest BCUT2D eigenvalue weighted by atomic mass is 19.3. The number of aromatic nitrogens is 3. The van der Waals surface area contributed by atoms with Crippen molar-refractivity contribution in [2.75, 3.05) is 11.9 Å². The summed E-state index contributed by atoms with van der Waals surface area (Å²) in [6.45, 7) is 1.29. The van der Waals surface area contributed by atoms with Crippen LogP contribution in [0.4, 0.5) is 14.6 Å². The second-order valence-electron chi connectivity index (χ2n) is 9.85. The summed E-state index contributed by atoms with van der Waals surface area (Å²) in [6.07, 6.45) is 5.91. The standard InChI is InChI=1S/C27H36F2N4O7/c1-2-3-4-5-6-7-8-9-10-11-17-18(24(37)38)12-14-30-21(17)23(36)31-20-13-15-33(26(39)32-20)25-27(28,29)22(35)19(16-34)40-25/h12-15,19,22,25,34-35H,2-11,16H2,1H3,(H,37,38)(H,31,32,36,39)/t19-,22-,25-/m1/s1. The predicted octanol–water partition coefficient (Wildman–Crippen LogP) is 3.55. The fraction of sp³-hybridized carbons (Fsp3) is 0.593. The number of carbonyl (C=O) groups excluding carboxylic acids is 1. The van der Waals surface area contributed by atoms with Crippen molar-refractivity contribution in [3.8, 4) is 0 Å². The van der Waals surface area contributed by atoms with Gasteiger partial charge in [-0.25, -0.2) is 9.59 Å². The van der Waals surface area contributed by atoms with Gasteiger partial charge in [0.1, 0.15) is 17.6 Å². The van der Waals surface area contributed by atoms with Gasteiger partial charge in [0.15, 0.2) is 6.10 Å². The number of unbranched alkanes of at least 4 members (excludes halogenated alkanes) is 8. The molecule has 4 N–H and O–H groups in total. The molecule has 40 heavy (non-hydrogen) atoms. The number of carboxylic acids is 1. The highest BCUT2D eigenvalue weighted by Crippen LogP contribution is 2.42. The fourth-order valence-electron chi connectivity index (χ4n) is 4.71. The Bertz CT molecular complexity index is 1220. The fourth-order valence-corrected chi connectivity index (χ4v) is 4.71. The van der Waals surface area contributed by atoms with Crippen molar-refractivity contribution in [3.63, 3.8) is 0 Å². The number of ether oxygens (including phenoxy) is 1. The van der Waals surface area contributed by atoms with E-state index in [9.17, 15) is 33.4 Å². The maximum atomic E-state index is 14.4. The van der Waals surface area contributed by atoms with E-state index in [0.29, 0.717) is 17.4 Å². The van der Waals surface area contributed by atoms with Crippen molar-refractivity contribution in [2.45, 2.75) is 95.5 Å². The Morgan fingerprint density at radius 3 is 2.33 bits per heavy atom. The average Bonchev–Trinajstić information content (AvgIpc) is 3.15. The number of anilines is 1. The van der Waals surface area contributed by atoms with Gasteiger partial charge >= 0.3 is 17.6 Å². The Labute approximate surface area is 230 Å². The molecule has 220 valence electrons. The Hall–Kier alpha value is -3.29. The lowest BCUT2D eigenvalue weighted by Gasteiger charge is -2.21. The van der Waals surface area contributed by atoms with Gasteiger partial charge in [-0.05, 0) is 30.5 Å². The topological polar surface area (TPSA) is 164 Å². The third-order valence-corrected chi connectivity index (χ3v) is 6.92. The van der Waals surface area contributed by atoms with Crippen LogP contribution in [0, 0.1) is 0 Å². The van der Waals surface area contributed by atoms with Gasteiger partial charge < -0.3 is 25.4 Å². The Morgan fingerprint density at radius 2 is 1.75 bits per heavy atom. The number of carbonyl (C=O) groups is 2. The molecule has 0 saturated carbocycles. The number of nitrogens with zero attached hydrogens (tertiary/aromatic N) is 3. The minimum absolute atomic E-state index is 0.0549. The molecule has 0 radical (unpaired) electrons. The van der Waals surface area contributed by atoms with E-state index in [1.807, 2.05) is 0 Å². The van der Waals surface area contributed by atoms with Gasteiger partial charge in [0.2, 0.25) is 6.23 Å². The van der Waals surface area contributed by atoms with Crippen LogP contribution in [-0.4, -0.2) is 66.5 Å². The molecule has 3 atom stereocenters. The first-order valence-corrected chi connectivity index (χ1v) is 13.6. The zero-order valence-corrected chi connectivity index (χ0v) is 22.4. The highest BCUT2D eigenvalue weighted by molar-refractivity contribution is 6.05. The molecule has 3 heterocycles. The summed E-state index contributed by atoms with van der Waals surface area (Å²) < 4.78 is 34.2. The third-order valence-electron chi connectivity index (χ3n) is 6.92. The summed E-state index contributed by atoms with van der Waals surface area (Å²) in [5.74, 6) is -6.17. The summed E-state index contributed by atoms with van der Waals surface area (Å²) in [4.78, 5) is 45.0. The average molecular weight is 567 g/mol. The maximum Gasteiger partial charge on any atom is 0.351 e.